The number of alkyl halides is 1. The predicted octanol–water partition coefficient (Wildman–Crippen LogP) is 3.40. The van der Waals surface area contributed by atoms with Gasteiger partial charge < -0.3 is 9.47 Å². The Morgan fingerprint density at radius 1 is 1.29 bits per heavy atom. The van der Waals surface area contributed by atoms with Crippen LogP contribution in [0.5, 0.6) is 11.5 Å². The van der Waals surface area contributed by atoms with E-state index in [1.165, 1.54) is 6.07 Å². The van der Waals surface area contributed by atoms with Crippen LogP contribution in [0.2, 0.25) is 0 Å². The zero-order valence-corrected chi connectivity index (χ0v) is 12.2. The van der Waals surface area contributed by atoms with Crippen LogP contribution in [-0.4, -0.2) is 18.0 Å². The second-order valence-corrected chi connectivity index (χ2v) is 4.36. The van der Waals surface area contributed by atoms with Gasteiger partial charge in [-0.3, -0.25) is 4.98 Å². The lowest BCUT2D eigenvalue weighted by atomic mass is 10.2. The first-order valence-corrected chi connectivity index (χ1v) is 6.71. The SMILES string of the molecule is COc1ccc(OCc2cncc(F)c2)c(C#CCCl)c1. The van der Waals surface area contributed by atoms with Crippen molar-refractivity contribution in [2.45, 2.75) is 6.61 Å². The molecular weight excluding hydrogens is 293 g/mol. The fourth-order valence-corrected chi connectivity index (χ4v) is 1.75. The summed E-state index contributed by atoms with van der Waals surface area (Å²) in [6.07, 6.45) is 2.70. The highest BCUT2D eigenvalue weighted by Crippen LogP contribution is 2.24. The first kappa shape index (κ1) is 15.1. The standard InChI is InChI=1S/C16H13ClFNO2/c1-20-15-4-5-16(13(8-15)3-2-6-17)21-11-12-7-14(18)10-19-9-12/h4-5,7-10H,6,11H2,1H3. The highest BCUT2D eigenvalue weighted by atomic mass is 35.5. The molecule has 0 aliphatic heterocycles. The summed E-state index contributed by atoms with van der Waals surface area (Å²) in [6.45, 7) is 0.201. The lowest BCUT2D eigenvalue weighted by molar-refractivity contribution is 0.303. The molecule has 3 nitrogen and oxygen atoms in total. The fourth-order valence-electron chi connectivity index (χ4n) is 1.68. The van der Waals surface area contributed by atoms with Gasteiger partial charge in [0.15, 0.2) is 0 Å². The summed E-state index contributed by atoms with van der Waals surface area (Å²) in [5, 5.41) is 0. The van der Waals surface area contributed by atoms with E-state index in [-0.39, 0.29) is 12.5 Å². The number of nitrogens with zero attached hydrogens (tertiary/aromatic N) is 1. The third kappa shape index (κ3) is 4.37. The maximum atomic E-state index is 13.1. The van der Waals surface area contributed by atoms with Gasteiger partial charge in [0.25, 0.3) is 0 Å². The van der Waals surface area contributed by atoms with Crippen molar-refractivity contribution in [3.63, 3.8) is 0 Å². The van der Waals surface area contributed by atoms with Crippen LogP contribution in [0.4, 0.5) is 4.39 Å². The van der Waals surface area contributed by atoms with Gasteiger partial charge in [-0.2, -0.15) is 0 Å². The van der Waals surface area contributed by atoms with Gasteiger partial charge in [0, 0.05) is 11.8 Å². The number of rotatable bonds is 4. The summed E-state index contributed by atoms with van der Waals surface area (Å²) in [5.41, 5.74) is 1.31. The largest absolute Gasteiger partial charge is 0.497 e. The van der Waals surface area contributed by atoms with E-state index in [0.717, 1.165) is 6.20 Å². The number of methoxy groups -OCH3 is 1. The highest BCUT2D eigenvalue weighted by Gasteiger charge is 2.05. The molecule has 2 aromatic rings. The number of hydrogen-bond donors (Lipinski definition) is 0. The Kier molecular flexibility index (Phi) is 5.42. The first-order chi connectivity index (χ1) is 10.2. The minimum atomic E-state index is -0.395. The third-order valence-electron chi connectivity index (χ3n) is 2.63. The molecule has 0 bridgehead atoms. The lowest BCUT2D eigenvalue weighted by Gasteiger charge is -2.09. The lowest BCUT2D eigenvalue weighted by Crippen LogP contribution is -1.99. The number of benzene rings is 1. The van der Waals surface area contributed by atoms with Crippen LogP contribution >= 0.6 is 11.6 Å². The molecule has 0 atom stereocenters. The Morgan fingerprint density at radius 3 is 2.86 bits per heavy atom. The van der Waals surface area contributed by atoms with E-state index in [1.54, 1.807) is 31.5 Å². The topological polar surface area (TPSA) is 31.4 Å². The van der Waals surface area contributed by atoms with Crippen molar-refractivity contribution >= 4 is 11.6 Å². The normalized spacial score (nSPS) is 9.67. The molecular formula is C16H13ClFNO2. The van der Waals surface area contributed by atoms with Gasteiger partial charge in [0.05, 0.1) is 24.8 Å². The molecule has 2 rings (SSSR count). The number of hydrogen-bond acceptors (Lipinski definition) is 3. The molecule has 0 aliphatic carbocycles. The highest BCUT2D eigenvalue weighted by molar-refractivity contribution is 6.19. The van der Waals surface area contributed by atoms with Crippen LogP contribution in [0.1, 0.15) is 11.1 Å². The predicted molar refractivity (Wildman–Crippen MR) is 79.1 cm³/mol. The summed E-state index contributed by atoms with van der Waals surface area (Å²) in [4.78, 5) is 3.78. The van der Waals surface area contributed by atoms with Gasteiger partial charge in [0.2, 0.25) is 0 Å². The number of pyridine rings is 1. The molecule has 1 aromatic carbocycles. The molecule has 0 radical (unpaired) electrons. The maximum absolute atomic E-state index is 13.1. The molecule has 0 saturated carbocycles. The Hall–Kier alpha value is -2.25. The Bertz CT molecular complexity index is 679. The molecule has 0 saturated heterocycles. The van der Waals surface area contributed by atoms with Gasteiger partial charge in [-0.1, -0.05) is 11.8 Å². The van der Waals surface area contributed by atoms with Gasteiger partial charge in [-0.05, 0) is 24.3 Å². The average Bonchev–Trinajstić information content (AvgIpc) is 2.51. The molecule has 0 unspecified atom stereocenters. The molecule has 5 heteroatoms. The van der Waals surface area contributed by atoms with Gasteiger partial charge in [0.1, 0.15) is 23.9 Å². The summed E-state index contributed by atoms with van der Waals surface area (Å²) in [6, 6.07) is 6.66. The van der Waals surface area contributed by atoms with Gasteiger partial charge >= 0.3 is 0 Å². The second-order valence-electron chi connectivity index (χ2n) is 4.10. The maximum Gasteiger partial charge on any atom is 0.141 e. The quantitative estimate of drug-likeness (QED) is 0.641. The van der Waals surface area contributed by atoms with Gasteiger partial charge in [-0.25, -0.2) is 4.39 Å². The van der Waals surface area contributed by atoms with Crippen molar-refractivity contribution in [1.29, 1.82) is 0 Å². The molecule has 21 heavy (non-hydrogen) atoms. The van der Waals surface area contributed by atoms with Crippen molar-refractivity contribution in [1.82, 2.24) is 4.98 Å². The van der Waals surface area contributed by atoms with Crippen LogP contribution in [0.3, 0.4) is 0 Å². The van der Waals surface area contributed by atoms with Crippen molar-refractivity contribution in [3.8, 4) is 23.3 Å². The van der Waals surface area contributed by atoms with Crippen molar-refractivity contribution in [2.24, 2.45) is 0 Å². The minimum absolute atomic E-state index is 0.201. The second kappa shape index (κ2) is 7.51. The van der Waals surface area contributed by atoms with E-state index in [2.05, 4.69) is 16.8 Å². The zero-order valence-electron chi connectivity index (χ0n) is 11.4. The van der Waals surface area contributed by atoms with Gasteiger partial charge in [-0.15, -0.1) is 11.6 Å². The Labute approximate surface area is 127 Å². The van der Waals surface area contributed by atoms with E-state index < -0.39 is 5.82 Å². The van der Waals surface area contributed by atoms with E-state index in [0.29, 0.717) is 22.6 Å². The molecule has 0 spiro atoms. The molecule has 1 aromatic heterocycles. The van der Waals surface area contributed by atoms with Crippen LogP contribution in [-0.2, 0) is 6.61 Å². The molecule has 0 aliphatic rings. The molecule has 0 amide bonds. The van der Waals surface area contributed by atoms with Crippen molar-refractivity contribution in [3.05, 3.63) is 53.6 Å². The van der Waals surface area contributed by atoms with Crippen molar-refractivity contribution in [2.75, 3.05) is 13.0 Å². The number of ether oxygens (including phenoxy) is 2. The Balaban J connectivity index is 2.18. The monoisotopic (exact) mass is 305 g/mol. The summed E-state index contributed by atoms with van der Waals surface area (Å²) in [5.74, 6) is 6.77. The molecule has 108 valence electrons. The number of halogens is 2. The van der Waals surface area contributed by atoms with Crippen LogP contribution in [0.15, 0.2) is 36.7 Å². The van der Waals surface area contributed by atoms with E-state index >= 15 is 0 Å². The van der Waals surface area contributed by atoms with Crippen LogP contribution in [0.25, 0.3) is 0 Å². The summed E-state index contributed by atoms with van der Waals surface area (Å²) in [7, 11) is 1.58. The van der Waals surface area contributed by atoms with E-state index in [9.17, 15) is 4.39 Å². The minimum Gasteiger partial charge on any atom is -0.497 e. The number of aromatic nitrogens is 1. The average molecular weight is 306 g/mol. The van der Waals surface area contributed by atoms with Crippen LogP contribution < -0.4 is 9.47 Å². The summed E-state index contributed by atoms with van der Waals surface area (Å²) >= 11 is 5.57. The Morgan fingerprint density at radius 2 is 2.14 bits per heavy atom. The van der Waals surface area contributed by atoms with Crippen LogP contribution in [0, 0.1) is 17.7 Å². The first-order valence-electron chi connectivity index (χ1n) is 6.18. The van der Waals surface area contributed by atoms with Crippen molar-refractivity contribution < 1.29 is 13.9 Å². The third-order valence-corrected chi connectivity index (χ3v) is 2.77. The molecule has 1 heterocycles. The molecule has 0 fully saturated rings. The zero-order chi connectivity index (χ0) is 15.1. The summed E-state index contributed by atoms with van der Waals surface area (Å²) < 4.78 is 23.9. The van der Waals surface area contributed by atoms with E-state index in [1.807, 2.05) is 0 Å². The fraction of sp³-hybridized carbons (Fsp3) is 0.188. The smallest absolute Gasteiger partial charge is 0.141 e. The molecule has 0 N–H and O–H groups in total. The van der Waals surface area contributed by atoms with E-state index in [4.69, 9.17) is 21.1 Å².